The molecule has 7 nitrogen and oxygen atoms in total. The summed E-state index contributed by atoms with van der Waals surface area (Å²) < 4.78 is 23.2. The predicted molar refractivity (Wildman–Crippen MR) is 85.3 cm³/mol. The van der Waals surface area contributed by atoms with Gasteiger partial charge in [-0.05, 0) is 30.7 Å². The molecule has 2 aromatic rings. The highest BCUT2D eigenvalue weighted by Crippen LogP contribution is 2.20. The van der Waals surface area contributed by atoms with Crippen LogP contribution >= 0.6 is 0 Å². The second kappa shape index (κ2) is 6.17. The smallest absolute Gasteiger partial charge is 0.271 e. The Balaban J connectivity index is 2.34. The Bertz CT molecular complexity index is 890. The first-order valence-corrected chi connectivity index (χ1v) is 8.44. The molecule has 0 saturated carbocycles. The molecule has 0 heterocycles. The van der Waals surface area contributed by atoms with Gasteiger partial charge in [-0.1, -0.05) is 12.1 Å². The number of rotatable bonds is 4. The Morgan fingerprint density at radius 2 is 1.87 bits per heavy atom. The lowest BCUT2D eigenvalue weighted by Crippen LogP contribution is -2.14. The standard InChI is InChI=1S/C15H14N2O5S/c1-10-6-7-13(23(2,21)22)9-14(10)15(18)16-11-4-3-5-12(8-11)17(19)20/h3-9H,1-2H3,(H,16,18). The molecule has 8 heteroatoms. The van der Waals surface area contributed by atoms with E-state index in [2.05, 4.69) is 5.32 Å². The van der Waals surface area contributed by atoms with Crippen LogP contribution < -0.4 is 5.32 Å². The molecule has 0 aromatic heterocycles. The van der Waals surface area contributed by atoms with Crippen LogP contribution in [0.25, 0.3) is 0 Å². The van der Waals surface area contributed by atoms with Crippen molar-refractivity contribution in [1.82, 2.24) is 0 Å². The minimum absolute atomic E-state index is 0.0345. The van der Waals surface area contributed by atoms with E-state index in [1.807, 2.05) is 0 Å². The number of hydrogen-bond donors (Lipinski definition) is 1. The fraction of sp³-hybridized carbons (Fsp3) is 0.133. The maximum absolute atomic E-state index is 12.3. The number of non-ortho nitro benzene ring substituents is 1. The zero-order valence-corrected chi connectivity index (χ0v) is 13.3. The molecule has 0 bridgehead atoms. The van der Waals surface area contributed by atoms with E-state index >= 15 is 0 Å². The predicted octanol–water partition coefficient (Wildman–Crippen LogP) is 2.56. The lowest BCUT2D eigenvalue weighted by atomic mass is 10.1. The summed E-state index contributed by atoms with van der Waals surface area (Å²) in [6.45, 7) is 1.68. The number of amides is 1. The number of carbonyl (C=O) groups excluding carboxylic acids is 1. The summed E-state index contributed by atoms with van der Waals surface area (Å²) in [5.41, 5.74) is 0.900. The molecule has 0 unspecified atom stereocenters. The average molecular weight is 334 g/mol. The van der Waals surface area contributed by atoms with Gasteiger partial charge in [0.05, 0.1) is 9.82 Å². The molecule has 0 atom stereocenters. The first kappa shape index (κ1) is 16.6. The molecular formula is C15H14N2O5S. The average Bonchev–Trinajstić information content (AvgIpc) is 2.46. The minimum Gasteiger partial charge on any atom is -0.322 e. The van der Waals surface area contributed by atoms with Crippen LogP contribution in [0.3, 0.4) is 0 Å². The monoisotopic (exact) mass is 334 g/mol. The highest BCUT2D eigenvalue weighted by molar-refractivity contribution is 7.90. The van der Waals surface area contributed by atoms with Gasteiger partial charge in [0.15, 0.2) is 9.84 Å². The molecule has 0 radical (unpaired) electrons. The minimum atomic E-state index is -3.44. The van der Waals surface area contributed by atoms with Gasteiger partial charge in [0.25, 0.3) is 11.6 Å². The van der Waals surface area contributed by atoms with Gasteiger partial charge >= 0.3 is 0 Å². The van der Waals surface area contributed by atoms with Crippen molar-refractivity contribution >= 4 is 27.1 Å². The van der Waals surface area contributed by atoms with Crippen molar-refractivity contribution in [2.45, 2.75) is 11.8 Å². The molecule has 1 amide bonds. The van der Waals surface area contributed by atoms with Gasteiger partial charge in [-0.3, -0.25) is 14.9 Å². The van der Waals surface area contributed by atoms with Crippen molar-refractivity contribution in [3.63, 3.8) is 0 Å². The molecule has 0 fully saturated rings. The molecule has 23 heavy (non-hydrogen) atoms. The van der Waals surface area contributed by atoms with Gasteiger partial charge in [0.2, 0.25) is 0 Å². The molecule has 2 rings (SSSR count). The number of nitro groups is 1. The van der Waals surface area contributed by atoms with E-state index in [0.29, 0.717) is 5.56 Å². The van der Waals surface area contributed by atoms with Gasteiger partial charge in [0, 0.05) is 29.6 Å². The van der Waals surface area contributed by atoms with Crippen molar-refractivity contribution in [3.05, 3.63) is 63.7 Å². The van der Waals surface area contributed by atoms with E-state index in [4.69, 9.17) is 0 Å². The summed E-state index contributed by atoms with van der Waals surface area (Å²) in [7, 11) is -3.44. The van der Waals surface area contributed by atoms with E-state index in [1.54, 1.807) is 13.0 Å². The third-order valence-electron chi connectivity index (χ3n) is 3.20. The van der Waals surface area contributed by atoms with Gasteiger partial charge in [-0.25, -0.2) is 8.42 Å². The number of hydrogen-bond acceptors (Lipinski definition) is 5. The maximum atomic E-state index is 12.3. The highest BCUT2D eigenvalue weighted by Gasteiger charge is 2.15. The second-order valence-corrected chi connectivity index (χ2v) is 7.03. The van der Waals surface area contributed by atoms with Crippen LogP contribution in [0.1, 0.15) is 15.9 Å². The largest absolute Gasteiger partial charge is 0.322 e. The highest BCUT2D eigenvalue weighted by atomic mass is 32.2. The first-order chi connectivity index (χ1) is 10.7. The van der Waals surface area contributed by atoms with Crippen molar-refractivity contribution in [2.24, 2.45) is 0 Å². The number of anilines is 1. The van der Waals surface area contributed by atoms with Crippen molar-refractivity contribution in [1.29, 1.82) is 0 Å². The Hall–Kier alpha value is -2.74. The number of nitro benzene ring substituents is 1. The van der Waals surface area contributed by atoms with Crippen LogP contribution in [0.4, 0.5) is 11.4 Å². The quantitative estimate of drug-likeness (QED) is 0.683. The normalized spacial score (nSPS) is 11.0. The summed E-state index contributed by atoms with van der Waals surface area (Å²) in [6.07, 6.45) is 1.06. The summed E-state index contributed by atoms with van der Waals surface area (Å²) in [6, 6.07) is 9.76. The van der Waals surface area contributed by atoms with E-state index in [1.165, 1.54) is 36.4 Å². The number of carbonyl (C=O) groups is 1. The van der Waals surface area contributed by atoms with Crippen LogP contribution in [0.2, 0.25) is 0 Å². The topological polar surface area (TPSA) is 106 Å². The second-order valence-electron chi connectivity index (χ2n) is 5.01. The number of nitrogens with one attached hydrogen (secondary N) is 1. The third-order valence-corrected chi connectivity index (χ3v) is 4.31. The summed E-state index contributed by atoms with van der Waals surface area (Å²) in [5.74, 6) is -0.534. The van der Waals surface area contributed by atoms with Gasteiger partial charge in [-0.15, -0.1) is 0 Å². The Labute approximate surface area is 133 Å². The van der Waals surface area contributed by atoms with E-state index < -0.39 is 20.7 Å². The number of aryl methyl sites for hydroxylation is 1. The first-order valence-electron chi connectivity index (χ1n) is 6.55. The molecule has 2 aromatic carbocycles. The number of sulfone groups is 1. The number of nitrogens with zero attached hydrogens (tertiary/aromatic N) is 1. The summed E-state index contributed by atoms with van der Waals surface area (Å²) in [4.78, 5) is 22.5. The molecule has 0 spiro atoms. The van der Waals surface area contributed by atoms with Crippen molar-refractivity contribution < 1.29 is 18.1 Å². The van der Waals surface area contributed by atoms with Crippen LogP contribution in [0.15, 0.2) is 47.4 Å². The van der Waals surface area contributed by atoms with E-state index in [0.717, 1.165) is 6.26 Å². The van der Waals surface area contributed by atoms with Crippen molar-refractivity contribution in [3.8, 4) is 0 Å². The maximum Gasteiger partial charge on any atom is 0.271 e. The Morgan fingerprint density at radius 3 is 2.48 bits per heavy atom. The van der Waals surface area contributed by atoms with E-state index in [-0.39, 0.29) is 21.8 Å². The van der Waals surface area contributed by atoms with Crippen LogP contribution in [-0.2, 0) is 9.84 Å². The molecule has 0 saturated heterocycles. The third kappa shape index (κ3) is 3.92. The lowest BCUT2D eigenvalue weighted by Gasteiger charge is -2.09. The zero-order chi connectivity index (χ0) is 17.2. The number of benzene rings is 2. The molecule has 0 aliphatic carbocycles. The fourth-order valence-electron chi connectivity index (χ4n) is 1.97. The molecule has 1 N–H and O–H groups in total. The molecular weight excluding hydrogens is 320 g/mol. The SMILES string of the molecule is Cc1ccc(S(C)(=O)=O)cc1C(=O)Nc1cccc([N+](=O)[O-])c1. The summed E-state index contributed by atoms with van der Waals surface area (Å²) >= 11 is 0. The fourth-order valence-corrected chi connectivity index (χ4v) is 2.62. The summed E-state index contributed by atoms with van der Waals surface area (Å²) in [5, 5.41) is 13.3. The van der Waals surface area contributed by atoms with Gasteiger partial charge in [0.1, 0.15) is 0 Å². The Morgan fingerprint density at radius 1 is 1.17 bits per heavy atom. The lowest BCUT2D eigenvalue weighted by molar-refractivity contribution is -0.384. The zero-order valence-electron chi connectivity index (χ0n) is 12.4. The van der Waals surface area contributed by atoms with Crippen LogP contribution in [0.5, 0.6) is 0 Å². The molecule has 0 aliphatic rings. The van der Waals surface area contributed by atoms with Crippen molar-refractivity contribution in [2.75, 3.05) is 11.6 Å². The van der Waals surface area contributed by atoms with Crippen LogP contribution in [-0.4, -0.2) is 25.5 Å². The Kier molecular flexibility index (Phi) is 4.46. The van der Waals surface area contributed by atoms with Crippen LogP contribution in [0, 0.1) is 17.0 Å². The molecule has 120 valence electrons. The van der Waals surface area contributed by atoms with E-state index in [9.17, 15) is 23.3 Å². The van der Waals surface area contributed by atoms with Gasteiger partial charge < -0.3 is 5.32 Å². The van der Waals surface area contributed by atoms with Gasteiger partial charge in [-0.2, -0.15) is 0 Å². The molecule has 0 aliphatic heterocycles.